The molecule has 0 aliphatic heterocycles. The lowest BCUT2D eigenvalue weighted by Gasteiger charge is -2.08. The van der Waals surface area contributed by atoms with Crippen molar-refractivity contribution >= 4 is 17.2 Å². The number of benzene rings is 1. The van der Waals surface area contributed by atoms with Gasteiger partial charge in [0.05, 0.1) is 24.4 Å². The fourth-order valence-electron chi connectivity index (χ4n) is 2.70. The van der Waals surface area contributed by atoms with Gasteiger partial charge in [-0.15, -0.1) is 11.3 Å². The highest BCUT2D eigenvalue weighted by molar-refractivity contribution is 7.13. The Morgan fingerprint density at radius 2 is 2.08 bits per heavy atom. The van der Waals surface area contributed by atoms with Crippen LogP contribution in [0, 0.1) is 6.92 Å². The van der Waals surface area contributed by atoms with Crippen molar-refractivity contribution < 1.29 is 9.53 Å². The van der Waals surface area contributed by atoms with E-state index >= 15 is 0 Å². The number of carbonyl (C=O) groups excluding carboxylic acids is 1. The molecule has 1 N–H and O–H groups in total. The number of rotatable bonds is 8. The zero-order valence-corrected chi connectivity index (χ0v) is 15.9. The molecule has 5 nitrogen and oxygen atoms in total. The van der Waals surface area contributed by atoms with Gasteiger partial charge in [0.1, 0.15) is 11.4 Å². The number of nitrogens with one attached hydrogen (secondary N) is 1. The van der Waals surface area contributed by atoms with Crippen molar-refractivity contribution in [2.45, 2.75) is 26.8 Å². The SMILES string of the molecule is CCOc1ccc(CC(=O)NCCn2nc(-c3cccs3)cc2C)cc1. The predicted octanol–water partition coefficient (Wildman–Crippen LogP) is 3.68. The smallest absolute Gasteiger partial charge is 0.224 e. The lowest BCUT2D eigenvalue weighted by Crippen LogP contribution is -2.29. The van der Waals surface area contributed by atoms with E-state index in [0.717, 1.165) is 27.6 Å². The Bertz CT molecular complexity index is 839. The van der Waals surface area contributed by atoms with Crippen LogP contribution in [-0.4, -0.2) is 28.8 Å². The lowest BCUT2D eigenvalue weighted by atomic mass is 10.1. The Kier molecular flexibility index (Phi) is 6.07. The van der Waals surface area contributed by atoms with Crippen LogP contribution < -0.4 is 10.1 Å². The summed E-state index contributed by atoms with van der Waals surface area (Å²) >= 11 is 1.68. The van der Waals surface area contributed by atoms with E-state index in [1.54, 1.807) is 11.3 Å². The molecular weight excluding hydrogens is 346 g/mol. The summed E-state index contributed by atoms with van der Waals surface area (Å²) in [6.45, 7) is 5.84. The van der Waals surface area contributed by atoms with E-state index < -0.39 is 0 Å². The minimum atomic E-state index is 0.0115. The molecule has 0 spiro atoms. The summed E-state index contributed by atoms with van der Waals surface area (Å²) in [5, 5.41) is 9.63. The van der Waals surface area contributed by atoms with E-state index in [1.165, 1.54) is 0 Å². The minimum Gasteiger partial charge on any atom is -0.494 e. The lowest BCUT2D eigenvalue weighted by molar-refractivity contribution is -0.120. The third-order valence-electron chi connectivity index (χ3n) is 4.00. The molecule has 0 bridgehead atoms. The molecule has 1 aromatic carbocycles. The van der Waals surface area contributed by atoms with Crippen molar-refractivity contribution in [2.24, 2.45) is 0 Å². The highest BCUT2D eigenvalue weighted by Crippen LogP contribution is 2.23. The molecule has 0 fully saturated rings. The number of carbonyl (C=O) groups is 1. The average Bonchev–Trinajstić information content (AvgIpc) is 3.27. The van der Waals surface area contributed by atoms with Crippen molar-refractivity contribution in [1.29, 1.82) is 0 Å². The number of hydrogen-bond donors (Lipinski definition) is 1. The molecule has 0 atom stereocenters. The molecular formula is C20H23N3O2S. The van der Waals surface area contributed by atoms with Crippen LogP contribution in [0.5, 0.6) is 5.75 Å². The standard InChI is InChI=1S/C20H23N3O2S/c1-3-25-17-8-6-16(7-9-17)14-20(24)21-10-11-23-15(2)13-18(22-23)19-5-4-12-26-19/h4-9,12-13H,3,10-11,14H2,1-2H3,(H,21,24). The first-order valence-corrected chi connectivity index (χ1v) is 9.60. The van der Waals surface area contributed by atoms with E-state index in [4.69, 9.17) is 4.74 Å². The number of aryl methyl sites for hydroxylation is 1. The molecule has 3 rings (SSSR count). The molecule has 0 unspecified atom stereocenters. The zero-order chi connectivity index (χ0) is 18.4. The van der Waals surface area contributed by atoms with E-state index in [1.807, 2.05) is 54.2 Å². The summed E-state index contributed by atoms with van der Waals surface area (Å²) in [5.41, 5.74) is 3.05. The molecule has 0 saturated heterocycles. The van der Waals surface area contributed by atoms with Crippen molar-refractivity contribution in [3.8, 4) is 16.3 Å². The van der Waals surface area contributed by atoms with Crippen molar-refractivity contribution in [3.63, 3.8) is 0 Å². The second kappa shape index (κ2) is 8.67. The van der Waals surface area contributed by atoms with E-state index in [9.17, 15) is 4.79 Å². The Balaban J connectivity index is 1.48. The van der Waals surface area contributed by atoms with E-state index in [-0.39, 0.29) is 5.91 Å². The summed E-state index contributed by atoms with van der Waals surface area (Å²) in [6.07, 6.45) is 0.366. The van der Waals surface area contributed by atoms with Gasteiger partial charge < -0.3 is 10.1 Å². The van der Waals surface area contributed by atoms with Crippen molar-refractivity contribution in [1.82, 2.24) is 15.1 Å². The monoisotopic (exact) mass is 369 g/mol. The number of nitrogens with zero attached hydrogens (tertiary/aromatic N) is 2. The molecule has 2 aromatic heterocycles. The van der Waals surface area contributed by atoms with Gasteiger partial charge in [0.2, 0.25) is 5.91 Å². The maximum atomic E-state index is 12.1. The molecule has 0 aliphatic carbocycles. The Morgan fingerprint density at radius 1 is 1.27 bits per heavy atom. The third-order valence-corrected chi connectivity index (χ3v) is 4.89. The molecule has 0 aliphatic rings. The van der Waals surface area contributed by atoms with E-state index in [2.05, 4.69) is 22.5 Å². The normalized spacial score (nSPS) is 10.7. The van der Waals surface area contributed by atoms with Gasteiger partial charge >= 0.3 is 0 Å². The quantitative estimate of drug-likeness (QED) is 0.659. The zero-order valence-electron chi connectivity index (χ0n) is 15.1. The van der Waals surface area contributed by atoms with Gasteiger partial charge in [-0.25, -0.2) is 0 Å². The van der Waals surface area contributed by atoms with Gasteiger partial charge in [-0.3, -0.25) is 9.48 Å². The summed E-state index contributed by atoms with van der Waals surface area (Å²) < 4.78 is 7.35. The van der Waals surface area contributed by atoms with Crippen LogP contribution in [0.3, 0.4) is 0 Å². The van der Waals surface area contributed by atoms with Gasteiger partial charge in [-0.1, -0.05) is 18.2 Å². The Labute approximate surface area is 157 Å². The predicted molar refractivity (Wildman–Crippen MR) is 105 cm³/mol. The number of thiophene rings is 1. The fraction of sp³-hybridized carbons (Fsp3) is 0.300. The number of ether oxygens (including phenoxy) is 1. The maximum absolute atomic E-state index is 12.1. The van der Waals surface area contributed by atoms with Gasteiger partial charge in [0.15, 0.2) is 0 Å². The van der Waals surface area contributed by atoms with Gasteiger partial charge in [-0.05, 0) is 49.1 Å². The van der Waals surface area contributed by atoms with Gasteiger partial charge in [0.25, 0.3) is 0 Å². The third kappa shape index (κ3) is 4.73. The molecule has 0 saturated carbocycles. The van der Waals surface area contributed by atoms with Crippen LogP contribution in [0.4, 0.5) is 0 Å². The first kappa shape index (κ1) is 18.2. The molecule has 2 heterocycles. The van der Waals surface area contributed by atoms with E-state index in [0.29, 0.717) is 26.1 Å². The van der Waals surface area contributed by atoms with Crippen LogP contribution in [0.25, 0.3) is 10.6 Å². The summed E-state index contributed by atoms with van der Waals surface area (Å²) in [6, 6.07) is 13.8. The summed E-state index contributed by atoms with van der Waals surface area (Å²) in [5.74, 6) is 0.838. The first-order valence-electron chi connectivity index (χ1n) is 8.72. The minimum absolute atomic E-state index is 0.0115. The molecule has 6 heteroatoms. The number of hydrogen-bond acceptors (Lipinski definition) is 4. The van der Waals surface area contributed by atoms with Gasteiger partial charge in [0, 0.05) is 12.2 Å². The average molecular weight is 369 g/mol. The summed E-state index contributed by atoms with van der Waals surface area (Å²) in [7, 11) is 0. The van der Waals surface area contributed by atoms with Crippen molar-refractivity contribution in [2.75, 3.05) is 13.2 Å². The van der Waals surface area contributed by atoms with Crippen LogP contribution >= 0.6 is 11.3 Å². The largest absolute Gasteiger partial charge is 0.494 e. The molecule has 136 valence electrons. The van der Waals surface area contributed by atoms with Gasteiger partial charge in [-0.2, -0.15) is 5.10 Å². The molecule has 3 aromatic rings. The Morgan fingerprint density at radius 3 is 2.77 bits per heavy atom. The first-order chi connectivity index (χ1) is 12.7. The van der Waals surface area contributed by atoms with Crippen molar-refractivity contribution in [3.05, 3.63) is 59.1 Å². The maximum Gasteiger partial charge on any atom is 0.224 e. The van der Waals surface area contributed by atoms with Crippen LogP contribution in [0.2, 0.25) is 0 Å². The second-order valence-electron chi connectivity index (χ2n) is 5.98. The molecule has 26 heavy (non-hydrogen) atoms. The highest BCUT2D eigenvalue weighted by Gasteiger charge is 2.08. The molecule has 1 amide bonds. The topological polar surface area (TPSA) is 56.1 Å². The Hall–Kier alpha value is -2.60. The molecule has 0 radical (unpaired) electrons. The second-order valence-corrected chi connectivity index (χ2v) is 6.92. The fourth-order valence-corrected chi connectivity index (χ4v) is 3.38. The number of aromatic nitrogens is 2. The highest BCUT2D eigenvalue weighted by atomic mass is 32.1. The number of amides is 1. The van der Waals surface area contributed by atoms with Crippen LogP contribution in [-0.2, 0) is 17.8 Å². The summed E-state index contributed by atoms with van der Waals surface area (Å²) in [4.78, 5) is 13.3. The van der Waals surface area contributed by atoms with Crippen LogP contribution in [0.15, 0.2) is 47.8 Å². The van der Waals surface area contributed by atoms with Crippen LogP contribution in [0.1, 0.15) is 18.2 Å².